The van der Waals surface area contributed by atoms with E-state index < -0.39 is 24.4 Å². The average Bonchev–Trinajstić information content (AvgIpc) is 2.19. The van der Waals surface area contributed by atoms with Crippen LogP contribution in [0, 0.1) is 0 Å². The fourth-order valence-corrected chi connectivity index (χ4v) is 1.07. The second-order valence-corrected chi connectivity index (χ2v) is 3.26. The third kappa shape index (κ3) is 8.56. The van der Waals surface area contributed by atoms with E-state index in [0.29, 0.717) is 13.0 Å². The standard InChI is InChI=1S/C8H15F2N3O2.C2H6/c1-3-4-13(2)5-8(9,10)6(14)12-7(11)15;1-2/h3-5H2,1-2H3,(H3,11,12,14,15);1-2H3. The van der Waals surface area contributed by atoms with Crippen molar-refractivity contribution in [2.75, 3.05) is 20.1 Å². The van der Waals surface area contributed by atoms with Crippen molar-refractivity contribution in [1.29, 1.82) is 0 Å². The fourth-order valence-electron chi connectivity index (χ4n) is 1.07. The molecule has 0 spiro atoms. The van der Waals surface area contributed by atoms with Crippen LogP contribution in [0.15, 0.2) is 0 Å². The molecule has 0 unspecified atom stereocenters. The average molecular weight is 253 g/mol. The van der Waals surface area contributed by atoms with Crippen molar-refractivity contribution in [2.24, 2.45) is 5.73 Å². The maximum Gasteiger partial charge on any atom is 0.337 e. The molecule has 0 saturated carbocycles. The molecular weight excluding hydrogens is 232 g/mol. The SMILES string of the molecule is CC.CCCN(C)CC(F)(F)C(=O)NC(N)=O. The van der Waals surface area contributed by atoms with Crippen molar-refractivity contribution >= 4 is 11.9 Å². The molecule has 0 aliphatic heterocycles. The van der Waals surface area contributed by atoms with Gasteiger partial charge in [0.05, 0.1) is 6.54 Å². The minimum atomic E-state index is -3.61. The summed E-state index contributed by atoms with van der Waals surface area (Å²) < 4.78 is 26.2. The van der Waals surface area contributed by atoms with Gasteiger partial charge in [0, 0.05) is 0 Å². The number of hydrogen-bond donors (Lipinski definition) is 2. The summed E-state index contributed by atoms with van der Waals surface area (Å²) in [5.41, 5.74) is 4.56. The molecule has 0 aliphatic carbocycles. The summed E-state index contributed by atoms with van der Waals surface area (Å²) >= 11 is 0. The number of rotatable bonds is 5. The predicted octanol–water partition coefficient (Wildman–Crippen LogP) is 1.18. The van der Waals surface area contributed by atoms with Gasteiger partial charge in [-0.3, -0.25) is 10.1 Å². The highest BCUT2D eigenvalue weighted by atomic mass is 19.3. The number of alkyl halides is 2. The first-order chi connectivity index (χ1) is 7.79. The Hall–Kier alpha value is -1.24. The number of halogens is 2. The molecule has 0 radical (unpaired) electrons. The molecular formula is C10H21F2N3O2. The van der Waals surface area contributed by atoms with Gasteiger partial charge in [-0.05, 0) is 20.0 Å². The van der Waals surface area contributed by atoms with E-state index in [-0.39, 0.29) is 0 Å². The van der Waals surface area contributed by atoms with Gasteiger partial charge in [0.1, 0.15) is 0 Å². The summed E-state index contributed by atoms with van der Waals surface area (Å²) in [6, 6.07) is -1.28. The smallest absolute Gasteiger partial charge is 0.337 e. The molecule has 3 amide bonds. The summed E-state index contributed by atoms with van der Waals surface area (Å²) in [7, 11) is 1.47. The fraction of sp³-hybridized carbons (Fsp3) is 0.800. The van der Waals surface area contributed by atoms with Crippen molar-refractivity contribution in [3.63, 3.8) is 0 Å². The van der Waals surface area contributed by atoms with E-state index in [1.807, 2.05) is 20.8 Å². The van der Waals surface area contributed by atoms with Crippen molar-refractivity contribution in [3.05, 3.63) is 0 Å². The van der Waals surface area contributed by atoms with Crippen LogP contribution in [0.2, 0.25) is 0 Å². The predicted molar refractivity (Wildman–Crippen MR) is 61.8 cm³/mol. The van der Waals surface area contributed by atoms with Gasteiger partial charge >= 0.3 is 12.0 Å². The number of nitrogens with zero attached hydrogens (tertiary/aromatic N) is 1. The zero-order valence-corrected chi connectivity index (χ0v) is 10.7. The molecule has 0 aromatic rings. The molecule has 17 heavy (non-hydrogen) atoms. The van der Waals surface area contributed by atoms with Crippen LogP contribution in [0.4, 0.5) is 13.6 Å². The molecule has 0 aromatic heterocycles. The molecule has 5 nitrogen and oxygen atoms in total. The van der Waals surface area contributed by atoms with Gasteiger partial charge in [0.2, 0.25) is 0 Å². The molecule has 0 heterocycles. The third-order valence-corrected chi connectivity index (χ3v) is 1.64. The summed E-state index contributed by atoms with van der Waals surface area (Å²) in [5, 5.41) is 1.35. The van der Waals surface area contributed by atoms with Crippen LogP contribution >= 0.6 is 0 Å². The lowest BCUT2D eigenvalue weighted by Gasteiger charge is -2.21. The lowest BCUT2D eigenvalue weighted by Crippen LogP contribution is -2.50. The minimum Gasteiger partial charge on any atom is -0.351 e. The Balaban J connectivity index is 0. The first kappa shape index (κ1) is 18.1. The van der Waals surface area contributed by atoms with Crippen LogP contribution in [-0.2, 0) is 4.79 Å². The van der Waals surface area contributed by atoms with Crippen molar-refractivity contribution in [2.45, 2.75) is 33.1 Å². The normalized spacial score (nSPS) is 10.5. The van der Waals surface area contributed by atoms with Crippen LogP contribution in [-0.4, -0.2) is 42.9 Å². The quantitative estimate of drug-likeness (QED) is 0.772. The summed E-state index contributed by atoms with van der Waals surface area (Å²) in [4.78, 5) is 22.3. The molecule has 3 N–H and O–H groups in total. The molecule has 0 atom stereocenters. The monoisotopic (exact) mass is 253 g/mol. The Morgan fingerprint density at radius 2 is 1.82 bits per heavy atom. The lowest BCUT2D eigenvalue weighted by molar-refractivity contribution is -0.146. The molecule has 0 aliphatic rings. The van der Waals surface area contributed by atoms with E-state index in [4.69, 9.17) is 0 Å². The molecule has 0 aromatic carbocycles. The number of amides is 3. The van der Waals surface area contributed by atoms with Gasteiger partial charge in [-0.1, -0.05) is 20.8 Å². The highest BCUT2D eigenvalue weighted by Crippen LogP contribution is 2.14. The second-order valence-electron chi connectivity index (χ2n) is 3.26. The molecule has 0 rings (SSSR count). The van der Waals surface area contributed by atoms with Crippen molar-refractivity contribution in [3.8, 4) is 0 Å². The Kier molecular flexibility index (Phi) is 9.45. The maximum absolute atomic E-state index is 13.1. The van der Waals surface area contributed by atoms with Crippen LogP contribution in [0.1, 0.15) is 27.2 Å². The number of hydrogen-bond acceptors (Lipinski definition) is 3. The van der Waals surface area contributed by atoms with Crippen LogP contribution < -0.4 is 11.1 Å². The number of carbonyl (C=O) groups excluding carboxylic acids is 2. The van der Waals surface area contributed by atoms with Crippen LogP contribution in [0.5, 0.6) is 0 Å². The minimum absolute atomic E-state index is 0.444. The number of nitrogens with one attached hydrogen (secondary N) is 1. The van der Waals surface area contributed by atoms with E-state index in [2.05, 4.69) is 5.73 Å². The zero-order chi connectivity index (χ0) is 14.1. The number of nitrogens with two attached hydrogens (primary N) is 1. The van der Waals surface area contributed by atoms with Gasteiger partial charge in [-0.2, -0.15) is 8.78 Å². The highest BCUT2D eigenvalue weighted by Gasteiger charge is 2.40. The van der Waals surface area contributed by atoms with Crippen LogP contribution in [0.25, 0.3) is 0 Å². The molecule has 0 bridgehead atoms. The van der Waals surface area contributed by atoms with Gasteiger partial charge in [-0.25, -0.2) is 4.79 Å². The van der Waals surface area contributed by atoms with E-state index in [1.54, 1.807) is 0 Å². The highest BCUT2D eigenvalue weighted by molar-refractivity contribution is 5.97. The van der Waals surface area contributed by atoms with Gasteiger partial charge in [0.15, 0.2) is 0 Å². The number of imide groups is 1. The Morgan fingerprint density at radius 1 is 1.35 bits per heavy atom. The molecule has 102 valence electrons. The Morgan fingerprint density at radius 3 is 2.18 bits per heavy atom. The number of primary amides is 1. The topological polar surface area (TPSA) is 75.4 Å². The third-order valence-electron chi connectivity index (χ3n) is 1.64. The number of carbonyl (C=O) groups is 2. The van der Waals surface area contributed by atoms with Gasteiger partial charge in [0.25, 0.3) is 5.91 Å². The summed E-state index contributed by atoms with van der Waals surface area (Å²) in [6.07, 6.45) is 0.698. The molecule has 7 heteroatoms. The van der Waals surface area contributed by atoms with E-state index in [1.165, 1.54) is 17.3 Å². The van der Waals surface area contributed by atoms with Gasteiger partial charge in [-0.15, -0.1) is 0 Å². The largest absolute Gasteiger partial charge is 0.351 e. The van der Waals surface area contributed by atoms with Crippen molar-refractivity contribution < 1.29 is 18.4 Å². The van der Waals surface area contributed by atoms with E-state index >= 15 is 0 Å². The first-order valence-corrected chi connectivity index (χ1v) is 5.47. The first-order valence-electron chi connectivity index (χ1n) is 5.47. The summed E-state index contributed by atoms with van der Waals surface area (Å²) in [5.74, 6) is -5.28. The zero-order valence-electron chi connectivity index (χ0n) is 10.7. The Labute approximate surface area is 100 Å². The molecule has 0 saturated heterocycles. The maximum atomic E-state index is 13.1. The number of urea groups is 1. The van der Waals surface area contributed by atoms with Crippen LogP contribution in [0.3, 0.4) is 0 Å². The second kappa shape index (κ2) is 8.86. The lowest BCUT2D eigenvalue weighted by atomic mass is 10.3. The van der Waals surface area contributed by atoms with Crippen molar-refractivity contribution in [1.82, 2.24) is 10.2 Å². The van der Waals surface area contributed by atoms with E-state index in [0.717, 1.165) is 0 Å². The van der Waals surface area contributed by atoms with E-state index in [9.17, 15) is 18.4 Å². The van der Waals surface area contributed by atoms with Gasteiger partial charge < -0.3 is 10.6 Å². The molecule has 0 fully saturated rings. The summed E-state index contributed by atoms with van der Waals surface area (Å²) in [6.45, 7) is 5.54. The Bertz CT molecular complexity index is 248.